The van der Waals surface area contributed by atoms with Crippen LogP contribution in [0.4, 0.5) is 0 Å². The minimum Gasteiger partial charge on any atom is -0.267 e. The van der Waals surface area contributed by atoms with Crippen molar-refractivity contribution < 1.29 is 0 Å². The number of hydrogen-bond acceptors (Lipinski definition) is 2. The molecule has 21 heavy (non-hydrogen) atoms. The number of rotatable bonds is 1. The van der Waals surface area contributed by atoms with E-state index in [4.69, 9.17) is 23.2 Å². The third-order valence-corrected chi connectivity index (χ3v) is 4.29. The second-order valence-electron chi connectivity index (χ2n) is 4.98. The van der Waals surface area contributed by atoms with Crippen molar-refractivity contribution in [1.82, 2.24) is 14.4 Å². The summed E-state index contributed by atoms with van der Waals surface area (Å²) < 4.78 is 1.88. The maximum absolute atomic E-state index is 6.38. The summed E-state index contributed by atoms with van der Waals surface area (Å²) in [5.41, 5.74) is 3.70. The SMILES string of the molecule is Clc1cccc2nc(Cl)n3c(C4=CC=CCC4)cnc3c12. The molecule has 1 aliphatic rings. The minimum absolute atomic E-state index is 0.405. The van der Waals surface area contributed by atoms with Gasteiger partial charge in [0, 0.05) is 0 Å². The van der Waals surface area contributed by atoms with Gasteiger partial charge in [-0.1, -0.05) is 35.9 Å². The van der Waals surface area contributed by atoms with Gasteiger partial charge in [0.25, 0.3) is 0 Å². The zero-order chi connectivity index (χ0) is 14.4. The van der Waals surface area contributed by atoms with E-state index in [9.17, 15) is 0 Å². The van der Waals surface area contributed by atoms with Gasteiger partial charge in [-0.15, -0.1) is 0 Å². The number of hydrogen-bond donors (Lipinski definition) is 0. The quantitative estimate of drug-likeness (QED) is 0.596. The van der Waals surface area contributed by atoms with Crippen LogP contribution in [0, 0.1) is 0 Å². The predicted molar refractivity (Wildman–Crippen MR) is 86.9 cm³/mol. The predicted octanol–water partition coefficient (Wildman–Crippen LogP) is 4.92. The van der Waals surface area contributed by atoms with E-state index in [1.807, 2.05) is 28.8 Å². The Bertz CT molecular complexity index is 922. The van der Waals surface area contributed by atoms with E-state index in [-0.39, 0.29) is 0 Å². The van der Waals surface area contributed by atoms with Crippen LogP contribution in [0.2, 0.25) is 10.3 Å². The fraction of sp³-hybridized carbons (Fsp3) is 0.125. The monoisotopic (exact) mass is 315 g/mol. The first-order valence-corrected chi connectivity index (χ1v) is 7.48. The lowest BCUT2D eigenvalue weighted by Gasteiger charge is -2.10. The first-order chi connectivity index (χ1) is 10.3. The largest absolute Gasteiger partial charge is 0.267 e. The van der Waals surface area contributed by atoms with Gasteiger partial charge < -0.3 is 0 Å². The van der Waals surface area contributed by atoms with Gasteiger partial charge in [0.05, 0.1) is 27.8 Å². The molecule has 0 amide bonds. The van der Waals surface area contributed by atoms with E-state index >= 15 is 0 Å². The fourth-order valence-electron chi connectivity index (χ4n) is 2.73. The number of fused-ring (bicyclic) bond motifs is 3. The van der Waals surface area contributed by atoms with Crippen molar-refractivity contribution in [2.24, 2.45) is 0 Å². The van der Waals surface area contributed by atoms with Crippen molar-refractivity contribution in [3.63, 3.8) is 0 Å². The number of benzene rings is 1. The molecule has 5 heteroatoms. The molecule has 2 heterocycles. The van der Waals surface area contributed by atoms with E-state index in [2.05, 4.69) is 28.2 Å². The summed E-state index contributed by atoms with van der Waals surface area (Å²) in [5.74, 6) is 0. The standard InChI is InChI=1S/C16H11Cl2N3/c17-11-7-4-8-12-14(11)15-19-9-13(21(15)16(18)20-12)10-5-2-1-3-6-10/h1-2,4-5,7-9H,3,6H2. The number of halogens is 2. The zero-order valence-corrected chi connectivity index (χ0v) is 12.6. The molecule has 0 N–H and O–H groups in total. The molecule has 0 radical (unpaired) electrons. The smallest absolute Gasteiger partial charge is 0.209 e. The highest BCUT2D eigenvalue weighted by molar-refractivity contribution is 6.37. The van der Waals surface area contributed by atoms with Gasteiger partial charge in [-0.05, 0) is 42.1 Å². The van der Waals surface area contributed by atoms with Gasteiger partial charge in [0.15, 0.2) is 5.65 Å². The zero-order valence-electron chi connectivity index (χ0n) is 11.1. The molecule has 1 aliphatic carbocycles. The first kappa shape index (κ1) is 12.9. The Labute approximate surface area is 131 Å². The van der Waals surface area contributed by atoms with Gasteiger partial charge >= 0.3 is 0 Å². The molecular weight excluding hydrogens is 305 g/mol. The Morgan fingerprint density at radius 1 is 1.19 bits per heavy atom. The number of allylic oxidation sites excluding steroid dienone is 4. The molecule has 104 valence electrons. The molecule has 4 rings (SSSR count). The van der Waals surface area contributed by atoms with Crippen LogP contribution in [0.1, 0.15) is 18.5 Å². The van der Waals surface area contributed by atoms with Crippen LogP contribution in [0.5, 0.6) is 0 Å². The molecule has 2 aromatic heterocycles. The van der Waals surface area contributed by atoms with E-state index in [0.717, 1.165) is 35.1 Å². The van der Waals surface area contributed by atoms with Gasteiger partial charge in [0.2, 0.25) is 5.28 Å². The highest BCUT2D eigenvalue weighted by Crippen LogP contribution is 2.32. The van der Waals surface area contributed by atoms with Gasteiger partial charge in [-0.25, -0.2) is 9.97 Å². The first-order valence-electron chi connectivity index (χ1n) is 6.73. The van der Waals surface area contributed by atoms with Crippen LogP contribution in [0.25, 0.3) is 22.1 Å². The Morgan fingerprint density at radius 2 is 2.10 bits per heavy atom. The van der Waals surface area contributed by atoms with Crippen molar-refractivity contribution in [3.05, 3.63) is 58.6 Å². The Balaban J connectivity index is 2.11. The van der Waals surface area contributed by atoms with Crippen molar-refractivity contribution in [1.29, 1.82) is 0 Å². The summed E-state index contributed by atoms with van der Waals surface area (Å²) >= 11 is 12.7. The molecule has 0 saturated heterocycles. The maximum atomic E-state index is 6.38. The third kappa shape index (κ3) is 1.96. The van der Waals surface area contributed by atoms with Crippen LogP contribution in [-0.2, 0) is 0 Å². The van der Waals surface area contributed by atoms with Gasteiger partial charge in [-0.3, -0.25) is 4.40 Å². The van der Waals surface area contributed by atoms with Gasteiger partial charge in [0.1, 0.15) is 0 Å². The van der Waals surface area contributed by atoms with Gasteiger partial charge in [-0.2, -0.15) is 0 Å². The van der Waals surface area contributed by atoms with Crippen LogP contribution < -0.4 is 0 Å². The highest BCUT2D eigenvalue weighted by atomic mass is 35.5. The van der Waals surface area contributed by atoms with E-state index in [1.165, 1.54) is 5.57 Å². The maximum Gasteiger partial charge on any atom is 0.209 e. The molecule has 0 bridgehead atoms. The molecule has 0 fully saturated rings. The molecular formula is C16H11Cl2N3. The summed E-state index contributed by atoms with van der Waals surface area (Å²) in [4.78, 5) is 8.98. The normalized spacial score (nSPS) is 14.9. The van der Waals surface area contributed by atoms with Crippen molar-refractivity contribution in [3.8, 4) is 0 Å². The summed E-state index contributed by atoms with van der Waals surface area (Å²) in [6, 6.07) is 5.60. The Kier molecular flexibility index (Phi) is 2.98. The summed E-state index contributed by atoms with van der Waals surface area (Å²) in [6.45, 7) is 0. The Hall–Kier alpha value is -1.84. The van der Waals surface area contributed by atoms with Crippen LogP contribution in [-0.4, -0.2) is 14.4 Å². The second-order valence-corrected chi connectivity index (χ2v) is 5.72. The lowest BCUT2D eigenvalue weighted by molar-refractivity contribution is 1.02. The van der Waals surface area contributed by atoms with E-state index in [1.54, 1.807) is 0 Å². The third-order valence-electron chi connectivity index (χ3n) is 3.72. The number of nitrogens with zero attached hydrogens (tertiary/aromatic N) is 3. The van der Waals surface area contributed by atoms with Crippen molar-refractivity contribution >= 4 is 45.3 Å². The van der Waals surface area contributed by atoms with Crippen LogP contribution >= 0.6 is 23.2 Å². The molecule has 0 spiro atoms. The topological polar surface area (TPSA) is 30.2 Å². The minimum atomic E-state index is 0.405. The lowest BCUT2D eigenvalue weighted by Crippen LogP contribution is -1.99. The van der Waals surface area contributed by atoms with E-state index in [0.29, 0.717) is 10.3 Å². The molecule has 0 saturated carbocycles. The summed E-state index contributed by atoms with van der Waals surface area (Å²) in [7, 11) is 0. The van der Waals surface area contributed by atoms with Crippen LogP contribution in [0.3, 0.4) is 0 Å². The molecule has 0 unspecified atom stereocenters. The molecule has 0 atom stereocenters. The average molecular weight is 316 g/mol. The highest BCUT2D eigenvalue weighted by Gasteiger charge is 2.16. The Morgan fingerprint density at radius 3 is 2.90 bits per heavy atom. The molecule has 0 aliphatic heterocycles. The summed E-state index contributed by atoms with van der Waals surface area (Å²) in [6.07, 6.45) is 10.2. The molecule has 3 nitrogen and oxygen atoms in total. The second kappa shape index (κ2) is 4.86. The van der Waals surface area contributed by atoms with Crippen molar-refractivity contribution in [2.45, 2.75) is 12.8 Å². The number of aromatic nitrogens is 3. The van der Waals surface area contributed by atoms with Crippen LogP contribution in [0.15, 0.2) is 42.6 Å². The lowest BCUT2D eigenvalue weighted by atomic mass is 10.0. The molecule has 3 aromatic rings. The number of imidazole rings is 1. The molecule has 1 aromatic carbocycles. The van der Waals surface area contributed by atoms with Crippen molar-refractivity contribution in [2.75, 3.05) is 0 Å². The average Bonchev–Trinajstić information content (AvgIpc) is 2.93. The summed E-state index contributed by atoms with van der Waals surface area (Å²) in [5, 5.41) is 1.88. The van der Waals surface area contributed by atoms with E-state index < -0.39 is 0 Å². The fourth-order valence-corrected chi connectivity index (χ4v) is 3.25.